The van der Waals surface area contributed by atoms with Gasteiger partial charge in [0, 0.05) is 6.61 Å². The topological polar surface area (TPSA) is 18.5 Å². The minimum absolute atomic E-state index is 0.299. The van der Waals surface area contributed by atoms with Gasteiger partial charge in [-0.25, -0.2) is 0 Å². The summed E-state index contributed by atoms with van der Waals surface area (Å²) in [5, 5.41) is 0.299. The highest BCUT2D eigenvalue weighted by Gasteiger charge is 2.37. The average molecular weight is 244 g/mol. The number of hydrogen-bond acceptors (Lipinski definition) is 2. The Morgan fingerprint density at radius 3 is 2.44 bits per heavy atom. The largest absolute Gasteiger partial charge is 0.414 e. The van der Waals surface area contributed by atoms with Gasteiger partial charge in [-0.2, -0.15) is 0 Å². The maximum atomic E-state index is 6.20. The van der Waals surface area contributed by atoms with Crippen molar-refractivity contribution in [3.05, 3.63) is 0 Å². The van der Waals surface area contributed by atoms with Gasteiger partial charge in [0.05, 0.1) is 12.7 Å². The van der Waals surface area contributed by atoms with Gasteiger partial charge in [-0.15, -0.1) is 0 Å². The lowest BCUT2D eigenvalue weighted by Gasteiger charge is -2.38. The summed E-state index contributed by atoms with van der Waals surface area (Å²) in [7, 11) is -1.59. The van der Waals surface area contributed by atoms with Crippen LogP contribution in [0.3, 0.4) is 0 Å². The van der Waals surface area contributed by atoms with E-state index < -0.39 is 8.32 Å². The van der Waals surface area contributed by atoms with Crippen molar-refractivity contribution in [1.82, 2.24) is 0 Å². The molecule has 1 heterocycles. The van der Waals surface area contributed by atoms with Crippen molar-refractivity contribution in [1.29, 1.82) is 0 Å². The van der Waals surface area contributed by atoms with Crippen molar-refractivity contribution >= 4 is 8.32 Å². The highest BCUT2D eigenvalue weighted by molar-refractivity contribution is 6.74. The van der Waals surface area contributed by atoms with Gasteiger partial charge in [-0.1, -0.05) is 27.7 Å². The molecule has 1 aliphatic heterocycles. The van der Waals surface area contributed by atoms with Gasteiger partial charge in [0.2, 0.25) is 0 Å². The Balaban J connectivity index is 2.39. The fraction of sp³-hybridized carbons (Fsp3) is 1.00. The standard InChI is InChI=1S/C13H28O2Si/c1-11-7-8-14-12(9-11)10-15-16(5,6)13(2,3)4/h11-12H,7-10H2,1-6H3. The lowest BCUT2D eigenvalue weighted by Crippen LogP contribution is -2.43. The number of ether oxygens (including phenoxy) is 1. The lowest BCUT2D eigenvalue weighted by molar-refractivity contribution is -0.0314. The molecule has 0 amide bonds. The smallest absolute Gasteiger partial charge is 0.192 e. The molecular weight excluding hydrogens is 216 g/mol. The molecule has 1 rings (SSSR count). The van der Waals surface area contributed by atoms with Crippen LogP contribution in [0, 0.1) is 5.92 Å². The molecule has 2 atom stereocenters. The summed E-state index contributed by atoms with van der Waals surface area (Å²) in [5.74, 6) is 0.793. The van der Waals surface area contributed by atoms with Crippen molar-refractivity contribution in [2.75, 3.05) is 13.2 Å². The van der Waals surface area contributed by atoms with Crippen molar-refractivity contribution in [3.8, 4) is 0 Å². The van der Waals surface area contributed by atoms with Crippen molar-refractivity contribution < 1.29 is 9.16 Å². The quantitative estimate of drug-likeness (QED) is 0.703. The third kappa shape index (κ3) is 3.86. The van der Waals surface area contributed by atoms with Crippen LogP contribution in [0.1, 0.15) is 40.5 Å². The first-order chi connectivity index (χ1) is 7.22. The summed E-state index contributed by atoms with van der Waals surface area (Å²) in [6.45, 7) is 15.5. The third-order valence-corrected chi connectivity index (χ3v) is 8.57. The summed E-state index contributed by atoms with van der Waals surface area (Å²) in [5.41, 5.74) is 0. The molecule has 16 heavy (non-hydrogen) atoms. The molecule has 0 aromatic heterocycles. The second kappa shape index (κ2) is 5.19. The fourth-order valence-corrected chi connectivity index (χ4v) is 2.74. The van der Waals surface area contributed by atoms with E-state index in [0.29, 0.717) is 11.1 Å². The zero-order chi connectivity index (χ0) is 12.4. The summed E-state index contributed by atoms with van der Waals surface area (Å²) in [6, 6.07) is 0. The SMILES string of the molecule is CC1CCOC(CO[Si](C)(C)C(C)(C)C)C1. The summed E-state index contributed by atoms with van der Waals surface area (Å²) in [4.78, 5) is 0. The van der Waals surface area contributed by atoms with Crippen LogP contribution in [0.25, 0.3) is 0 Å². The molecule has 3 heteroatoms. The van der Waals surface area contributed by atoms with Crippen LogP contribution in [-0.2, 0) is 9.16 Å². The predicted octanol–water partition coefficient (Wildman–Crippen LogP) is 3.82. The summed E-state index contributed by atoms with van der Waals surface area (Å²) < 4.78 is 11.9. The van der Waals surface area contributed by atoms with E-state index >= 15 is 0 Å². The van der Waals surface area contributed by atoms with Crippen LogP contribution >= 0.6 is 0 Å². The van der Waals surface area contributed by atoms with Gasteiger partial charge < -0.3 is 9.16 Å². The van der Waals surface area contributed by atoms with Crippen LogP contribution < -0.4 is 0 Å². The Hall–Kier alpha value is 0.137. The molecule has 1 aliphatic rings. The van der Waals surface area contributed by atoms with Gasteiger partial charge in [0.25, 0.3) is 0 Å². The first-order valence-corrected chi connectivity index (χ1v) is 9.39. The van der Waals surface area contributed by atoms with Gasteiger partial charge in [-0.05, 0) is 36.9 Å². The molecule has 1 saturated heterocycles. The van der Waals surface area contributed by atoms with E-state index in [2.05, 4.69) is 40.8 Å². The Labute approximate surface area is 102 Å². The van der Waals surface area contributed by atoms with Crippen LogP contribution in [0.5, 0.6) is 0 Å². The first-order valence-electron chi connectivity index (χ1n) is 6.48. The molecule has 96 valence electrons. The fourth-order valence-electron chi connectivity index (χ4n) is 1.70. The van der Waals surface area contributed by atoms with Crippen LogP contribution in [0.2, 0.25) is 18.1 Å². The van der Waals surface area contributed by atoms with Crippen LogP contribution in [0.4, 0.5) is 0 Å². The first kappa shape index (κ1) is 14.2. The monoisotopic (exact) mass is 244 g/mol. The third-order valence-electron chi connectivity index (χ3n) is 4.07. The molecule has 0 radical (unpaired) electrons. The minimum atomic E-state index is -1.59. The molecular formula is C13H28O2Si. The molecule has 0 aromatic carbocycles. The molecule has 1 fully saturated rings. The molecule has 0 bridgehead atoms. The van der Waals surface area contributed by atoms with E-state index in [9.17, 15) is 0 Å². The van der Waals surface area contributed by atoms with Gasteiger partial charge in [0.15, 0.2) is 8.32 Å². The summed E-state index contributed by atoms with van der Waals surface area (Å²) >= 11 is 0. The zero-order valence-corrected chi connectivity index (χ0v) is 12.8. The Bertz CT molecular complexity index is 220. The molecule has 0 spiro atoms. The molecule has 0 saturated carbocycles. The van der Waals surface area contributed by atoms with E-state index in [1.54, 1.807) is 0 Å². The normalized spacial score (nSPS) is 28.1. The van der Waals surface area contributed by atoms with Crippen molar-refractivity contribution in [2.45, 2.75) is 64.8 Å². The Kier molecular flexibility index (Phi) is 4.61. The maximum Gasteiger partial charge on any atom is 0.192 e. The van der Waals surface area contributed by atoms with E-state index in [-0.39, 0.29) is 0 Å². The molecule has 0 aromatic rings. The van der Waals surface area contributed by atoms with E-state index in [1.165, 1.54) is 6.42 Å². The maximum absolute atomic E-state index is 6.20. The van der Waals surface area contributed by atoms with E-state index in [4.69, 9.17) is 9.16 Å². The highest BCUT2D eigenvalue weighted by Crippen LogP contribution is 2.37. The molecule has 0 aliphatic carbocycles. The average Bonchev–Trinajstić information content (AvgIpc) is 2.13. The van der Waals surface area contributed by atoms with E-state index in [0.717, 1.165) is 25.6 Å². The van der Waals surface area contributed by atoms with Crippen LogP contribution in [-0.4, -0.2) is 27.6 Å². The van der Waals surface area contributed by atoms with Crippen molar-refractivity contribution in [3.63, 3.8) is 0 Å². The van der Waals surface area contributed by atoms with Crippen molar-refractivity contribution in [2.24, 2.45) is 5.92 Å². The molecule has 2 nitrogen and oxygen atoms in total. The minimum Gasteiger partial charge on any atom is -0.414 e. The molecule has 0 N–H and O–H groups in total. The van der Waals surface area contributed by atoms with Gasteiger partial charge in [-0.3, -0.25) is 0 Å². The zero-order valence-electron chi connectivity index (χ0n) is 11.8. The van der Waals surface area contributed by atoms with Crippen LogP contribution in [0.15, 0.2) is 0 Å². The Morgan fingerprint density at radius 2 is 1.94 bits per heavy atom. The van der Waals surface area contributed by atoms with Gasteiger partial charge >= 0.3 is 0 Å². The second-order valence-electron chi connectivity index (χ2n) is 6.69. The molecule has 2 unspecified atom stereocenters. The number of hydrogen-bond donors (Lipinski definition) is 0. The highest BCUT2D eigenvalue weighted by atomic mass is 28.4. The lowest BCUT2D eigenvalue weighted by atomic mass is 9.98. The number of rotatable bonds is 3. The van der Waals surface area contributed by atoms with Gasteiger partial charge in [0.1, 0.15) is 0 Å². The summed E-state index contributed by atoms with van der Waals surface area (Å²) in [6.07, 6.45) is 2.70. The van der Waals surface area contributed by atoms with E-state index in [1.807, 2.05) is 0 Å². The second-order valence-corrected chi connectivity index (χ2v) is 11.5. The Morgan fingerprint density at radius 1 is 1.31 bits per heavy atom. The predicted molar refractivity (Wildman–Crippen MR) is 71.3 cm³/mol.